The van der Waals surface area contributed by atoms with Crippen molar-refractivity contribution < 1.29 is 13.2 Å². The molecule has 0 saturated carbocycles. The molecule has 0 saturated heterocycles. The summed E-state index contributed by atoms with van der Waals surface area (Å²) in [5.74, 6) is 0.480. The van der Waals surface area contributed by atoms with Crippen LogP contribution in [0.4, 0.5) is 5.69 Å². The SMILES string of the molecule is CNS(=O)(=O)c1ccc(C)c(NC(=O)[C@H](N)CCSC)c1. The van der Waals surface area contributed by atoms with Crippen LogP contribution in [0, 0.1) is 6.92 Å². The molecule has 118 valence electrons. The highest BCUT2D eigenvalue weighted by atomic mass is 32.2. The van der Waals surface area contributed by atoms with Gasteiger partial charge in [-0.05, 0) is 50.1 Å². The van der Waals surface area contributed by atoms with Crippen molar-refractivity contribution in [1.82, 2.24) is 4.72 Å². The Hall–Kier alpha value is -1.09. The zero-order valence-electron chi connectivity index (χ0n) is 12.3. The van der Waals surface area contributed by atoms with Gasteiger partial charge in [0.2, 0.25) is 15.9 Å². The van der Waals surface area contributed by atoms with Crippen LogP contribution in [0.1, 0.15) is 12.0 Å². The number of nitrogens with two attached hydrogens (primary N) is 1. The van der Waals surface area contributed by atoms with Gasteiger partial charge in [0.1, 0.15) is 0 Å². The Balaban J connectivity index is 2.93. The minimum absolute atomic E-state index is 0.101. The van der Waals surface area contributed by atoms with E-state index in [2.05, 4.69) is 10.0 Å². The second-order valence-corrected chi connectivity index (χ2v) is 7.43. The van der Waals surface area contributed by atoms with Crippen molar-refractivity contribution in [2.24, 2.45) is 5.73 Å². The van der Waals surface area contributed by atoms with E-state index in [9.17, 15) is 13.2 Å². The van der Waals surface area contributed by atoms with Crippen LogP contribution in [0.15, 0.2) is 23.1 Å². The van der Waals surface area contributed by atoms with Gasteiger partial charge in [-0.1, -0.05) is 6.07 Å². The molecule has 0 spiro atoms. The van der Waals surface area contributed by atoms with Gasteiger partial charge in [0, 0.05) is 5.69 Å². The van der Waals surface area contributed by atoms with Crippen LogP contribution >= 0.6 is 11.8 Å². The number of carbonyl (C=O) groups is 1. The number of thioether (sulfide) groups is 1. The van der Waals surface area contributed by atoms with Crippen LogP contribution in [-0.2, 0) is 14.8 Å². The van der Waals surface area contributed by atoms with Gasteiger partial charge >= 0.3 is 0 Å². The second-order valence-electron chi connectivity index (χ2n) is 4.56. The summed E-state index contributed by atoms with van der Waals surface area (Å²) < 4.78 is 25.8. The first kappa shape index (κ1) is 18.0. The van der Waals surface area contributed by atoms with Gasteiger partial charge in [-0.25, -0.2) is 13.1 Å². The van der Waals surface area contributed by atoms with E-state index in [0.29, 0.717) is 12.1 Å². The Labute approximate surface area is 129 Å². The van der Waals surface area contributed by atoms with Crippen LogP contribution in [0.2, 0.25) is 0 Å². The molecule has 1 atom stereocenters. The molecule has 1 rings (SSSR count). The first-order chi connectivity index (χ1) is 9.81. The first-order valence-electron chi connectivity index (χ1n) is 6.41. The normalized spacial score (nSPS) is 13.0. The lowest BCUT2D eigenvalue weighted by molar-refractivity contribution is -0.117. The monoisotopic (exact) mass is 331 g/mol. The van der Waals surface area contributed by atoms with Gasteiger partial charge in [0.25, 0.3) is 0 Å². The Morgan fingerprint density at radius 2 is 2.10 bits per heavy atom. The number of hydrogen-bond acceptors (Lipinski definition) is 5. The number of aryl methyl sites for hydroxylation is 1. The molecule has 0 aromatic heterocycles. The van der Waals surface area contributed by atoms with Crippen LogP contribution in [-0.4, -0.2) is 39.4 Å². The molecule has 1 aromatic carbocycles. The summed E-state index contributed by atoms with van der Waals surface area (Å²) in [6.45, 7) is 1.79. The van der Waals surface area contributed by atoms with E-state index in [1.165, 1.54) is 19.2 Å². The lowest BCUT2D eigenvalue weighted by atomic mass is 10.1. The quantitative estimate of drug-likeness (QED) is 0.690. The first-order valence-corrected chi connectivity index (χ1v) is 9.29. The van der Waals surface area contributed by atoms with Crippen molar-refractivity contribution in [2.75, 3.05) is 24.4 Å². The third-order valence-electron chi connectivity index (χ3n) is 3.02. The molecule has 0 fully saturated rings. The van der Waals surface area contributed by atoms with Crippen LogP contribution in [0.5, 0.6) is 0 Å². The summed E-state index contributed by atoms with van der Waals surface area (Å²) >= 11 is 1.62. The van der Waals surface area contributed by atoms with E-state index in [4.69, 9.17) is 5.73 Å². The number of amides is 1. The molecule has 1 amide bonds. The number of benzene rings is 1. The third kappa shape index (κ3) is 4.99. The lowest BCUT2D eigenvalue weighted by Gasteiger charge is -2.14. The van der Waals surface area contributed by atoms with Crippen molar-refractivity contribution in [1.29, 1.82) is 0 Å². The Kier molecular flexibility index (Phi) is 6.66. The zero-order chi connectivity index (χ0) is 16.0. The standard InChI is InChI=1S/C13H21N3O3S2/c1-9-4-5-10(21(18,19)15-2)8-12(9)16-13(17)11(14)6-7-20-3/h4-5,8,11,15H,6-7,14H2,1-3H3,(H,16,17)/t11-/m1/s1. The van der Waals surface area contributed by atoms with Gasteiger partial charge in [-0.15, -0.1) is 0 Å². The topological polar surface area (TPSA) is 101 Å². The summed E-state index contributed by atoms with van der Waals surface area (Å²) in [6.07, 6.45) is 2.52. The molecule has 0 unspecified atom stereocenters. The van der Waals surface area contributed by atoms with Crippen molar-refractivity contribution in [3.63, 3.8) is 0 Å². The molecular formula is C13H21N3O3S2. The fraction of sp³-hybridized carbons (Fsp3) is 0.462. The average Bonchev–Trinajstić information content (AvgIpc) is 2.46. The highest BCUT2D eigenvalue weighted by molar-refractivity contribution is 7.98. The molecule has 0 aliphatic rings. The van der Waals surface area contributed by atoms with E-state index in [1.54, 1.807) is 24.8 Å². The molecule has 4 N–H and O–H groups in total. The summed E-state index contributed by atoms with van der Waals surface area (Å²) in [4.78, 5) is 12.1. The van der Waals surface area contributed by atoms with Gasteiger partial charge in [-0.2, -0.15) is 11.8 Å². The number of hydrogen-bond donors (Lipinski definition) is 3. The summed E-state index contributed by atoms with van der Waals surface area (Å²) in [5, 5.41) is 2.69. The molecule has 8 heteroatoms. The third-order valence-corrected chi connectivity index (χ3v) is 5.07. The van der Waals surface area contributed by atoms with Crippen molar-refractivity contribution in [3.05, 3.63) is 23.8 Å². The molecule has 0 bridgehead atoms. The minimum atomic E-state index is -3.54. The molecule has 21 heavy (non-hydrogen) atoms. The maximum Gasteiger partial charge on any atom is 0.241 e. The maximum atomic E-state index is 12.0. The molecule has 0 radical (unpaired) electrons. The van der Waals surface area contributed by atoms with Crippen molar-refractivity contribution in [3.8, 4) is 0 Å². The number of sulfonamides is 1. The van der Waals surface area contributed by atoms with E-state index in [1.807, 2.05) is 6.26 Å². The summed E-state index contributed by atoms with van der Waals surface area (Å²) in [6, 6.07) is 3.96. The fourth-order valence-corrected chi connectivity index (χ4v) is 2.87. The van der Waals surface area contributed by atoms with Crippen LogP contribution in [0.25, 0.3) is 0 Å². The lowest BCUT2D eigenvalue weighted by Crippen LogP contribution is -2.36. The minimum Gasteiger partial charge on any atom is -0.324 e. The number of carbonyl (C=O) groups excluding carboxylic acids is 1. The van der Waals surface area contributed by atoms with E-state index < -0.39 is 16.1 Å². The molecule has 0 aliphatic heterocycles. The zero-order valence-corrected chi connectivity index (χ0v) is 14.0. The maximum absolute atomic E-state index is 12.0. The van der Waals surface area contributed by atoms with Gasteiger partial charge in [0.15, 0.2) is 0 Å². The summed E-state index contributed by atoms with van der Waals surface area (Å²) in [5.41, 5.74) is 7.02. The number of rotatable bonds is 7. The predicted molar refractivity (Wildman–Crippen MR) is 87.0 cm³/mol. The Morgan fingerprint density at radius 3 is 2.67 bits per heavy atom. The molecule has 6 nitrogen and oxygen atoms in total. The van der Waals surface area contributed by atoms with Gasteiger partial charge in [0.05, 0.1) is 10.9 Å². The smallest absolute Gasteiger partial charge is 0.241 e. The van der Waals surface area contributed by atoms with Crippen molar-refractivity contribution in [2.45, 2.75) is 24.3 Å². The molecule has 0 heterocycles. The Morgan fingerprint density at radius 1 is 1.43 bits per heavy atom. The Bertz CT molecular complexity index is 603. The fourth-order valence-electron chi connectivity index (χ4n) is 1.62. The van der Waals surface area contributed by atoms with Crippen LogP contribution in [0.3, 0.4) is 0 Å². The van der Waals surface area contributed by atoms with Gasteiger partial charge in [-0.3, -0.25) is 4.79 Å². The van der Waals surface area contributed by atoms with E-state index in [0.717, 1.165) is 11.3 Å². The molecule has 1 aromatic rings. The van der Waals surface area contributed by atoms with Gasteiger partial charge < -0.3 is 11.1 Å². The number of nitrogens with one attached hydrogen (secondary N) is 2. The molecular weight excluding hydrogens is 310 g/mol. The molecule has 0 aliphatic carbocycles. The van der Waals surface area contributed by atoms with Crippen LogP contribution < -0.4 is 15.8 Å². The predicted octanol–water partition coefficient (Wildman–Crippen LogP) is 0.922. The van der Waals surface area contributed by atoms with Crippen molar-refractivity contribution >= 4 is 33.4 Å². The summed E-state index contributed by atoms with van der Waals surface area (Å²) in [7, 11) is -2.20. The van der Waals surface area contributed by atoms with E-state index >= 15 is 0 Å². The second kappa shape index (κ2) is 7.79. The highest BCUT2D eigenvalue weighted by Gasteiger charge is 2.17. The van der Waals surface area contributed by atoms with E-state index in [-0.39, 0.29) is 10.8 Å². The average molecular weight is 331 g/mol. The number of anilines is 1. The highest BCUT2D eigenvalue weighted by Crippen LogP contribution is 2.20. The largest absolute Gasteiger partial charge is 0.324 e.